The molecule has 0 aliphatic rings. The monoisotopic (exact) mass is 322 g/mol. The molecule has 0 atom stereocenters. The summed E-state index contributed by atoms with van der Waals surface area (Å²) in [4.78, 5) is 33.3. The molecule has 2 aromatic heterocycles. The Morgan fingerprint density at radius 2 is 2.18 bits per heavy atom. The fraction of sp³-hybridized carbons (Fsp3) is 0.0769. The number of furan rings is 1. The molecule has 2 rings (SSSR count). The minimum absolute atomic E-state index is 0.167. The van der Waals surface area contributed by atoms with Gasteiger partial charge in [-0.05, 0) is 23.6 Å². The van der Waals surface area contributed by atoms with E-state index >= 15 is 0 Å². The van der Waals surface area contributed by atoms with Gasteiger partial charge in [0.2, 0.25) is 5.91 Å². The molecule has 0 bridgehead atoms. The van der Waals surface area contributed by atoms with Crippen LogP contribution < -0.4 is 5.32 Å². The molecule has 0 radical (unpaired) electrons. The number of carbonyl (C=O) groups is 2. The highest BCUT2D eigenvalue weighted by Gasteiger charge is 2.15. The Bertz CT molecular complexity index is 745. The minimum atomic E-state index is -0.675. The molecule has 0 aromatic carbocycles. The smallest absolute Gasteiger partial charge is 0.433 e. The highest BCUT2D eigenvalue weighted by molar-refractivity contribution is 7.12. The van der Waals surface area contributed by atoms with Crippen molar-refractivity contribution < 1.29 is 23.7 Å². The van der Waals surface area contributed by atoms with E-state index < -0.39 is 22.7 Å². The molecule has 0 unspecified atom stereocenters. The Kier molecular flexibility index (Phi) is 4.69. The summed E-state index contributed by atoms with van der Waals surface area (Å²) in [5, 5.41) is 14.6. The molecule has 2 aromatic rings. The molecule has 0 aliphatic heterocycles. The van der Waals surface area contributed by atoms with Crippen molar-refractivity contribution in [3.05, 3.63) is 50.4 Å². The zero-order chi connectivity index (χ0) is 16.1. The third-order valence-electron chi connectivity index (χ3n) is 2.49. The van der Waals surface area contributed by atoms with Gasteiger partial charge in [-0.1, -0.05) is 0 Å². The fourth-order valence-corrected chi connectivity index (χ4v) is 2.29. The zero-order valence-electron chi connectivity index (χ0n) is 11.3. The van der Waals surface area contributed by atoms with Gasteiger partial charge in [0.1, 0.15) is 15.6 Å². The molecular formula is C13H10N2O6S. The lowest BCUT2D eigenvalue weighted by Crippen LogP contribution is -2.10. The predicted molar refractivity (Wildman–Crippen MR) is 78.7 cm³/mol. The first-order chi connectivity index (χ1) is 10.5. The summed E-state index contributed by atoms with van der Waals surface area (Å²) in [6.07, 6.45) is 2.42. The highest BCUT2D eigenvalue weighted by Crippen LogP contribution is 2.23. The van der Waals surface area contributed by atoms with Crippen molar-refractivity contribution in [2.75, 3.05) is 12.4 Å². The number of carbonyl (C=O) groups excluding carboxylic acids is 2. The highest BCUT2D eigenvalue weighted by atomic mass is 32.1. The van der Waals surface area contributed by atoms with Crippen LogP contribution in [0.1, 0.15) is 15.4 Å². The molecule has 0 aliphatic carbocycles. The van der Waals surface area contributed by atoms with Crippen LogP contribution in [-0.2, 0) is 9.53 Å². The van der Waals surface area contributed by atoms with Crippen molar-refractivity contribution in [1.29, 1.82) is 0 Å². The predicted octanol–water partition coefficient (Wildman–Crippen LogP) is 2.69. The van der Waals surface area contributed by atoms with E-state index in [0.29, 0.717) is 5.69 Å². The molecule has 114 valence electrons. The Morgan fingerprint density at radius 1 is 1.41 bits per heavy atom. The van der Waals surface area contributed by atoms with E-state index in [0.717, 1.165) is 17.4 Å². The number of nitrogens with one attached hydrogen (secondary N) is 1. The first-order valence-electron chi connectivity index (χ1n) is 5.90. The van der Waals surface area contributed by atoms with E-state index in [1.54, 1.807) is 11.4 Å². The average molecular weight is 322 g/mol. The second-order valence-corrected chi connectivity index (χ2v) is 4.83. The molecule has 2 heterocycles. The van der Waals surface area contributed by atoms with Crippen molar-refractivity contribution in [1.82, 2.24) is 0 Å². The summed E-state index contributed by atoms with van der Waals surface area (Å²) in [5.74, 6) is -1.30. The van der Waals surface area contributed by atoms with Gasteiger partial charge in [-0.15, -0.1) is 11.3 Å². The Morgan fingerprint density at radius 3 is 2.82 bits per heavy atom. The van der Waals surface area contributed by atoms with Gasteiger partial charge >= 0.3 is 11.9 Å². The number of amides is 1. The van der Waals surface area contributed by atoms with Crippen LogP contribution >= 0.6 is 11.3 Å². The fourth-order valence-electron chi connectivity index (χ4n) is 1.52. The number of hydrogen-bond donors (Lipinski definition) is 1. The van der Waals surface area contributed by atoms with Crippen LogP contribution in [0.4, 0.5) is 11.6 Å². The Hall–Kier alpha value is -2.94. The van der Waals surface area contributed by atoms with Crippen LogP contribution in [-0.4, -0.2) is 23.9 Å². The number of nitro groups is 1. The van der Waals surface area contributed by atoms with E-state index in [9.17, 15) is 19.7 Å². The van der Waals surface area contributed by atoms with E-state index in [1.165, 1.54) is 25.3 Å². The largest absolute Gasteiger partial charge is 0.465 e. The molecule has 0 saturated heterocycles. The normalized spacial score (nSPS) is 10.6. The van der Waals surface area contributed by atoms with Gasteiger partial charge in [0.15, 0.2) is 0 Å². The van der Waals surface area contributed by atoms with E-state index in [1.807, 2.05) is 0 Å². The molecule has 22 heavy (non-hydrogen) atoms. The zero-order valence-corrected chi connectivity index (χ0v) is 12.1. The van der Waals surface area contributed by atoms with Crippen LogP contribution in [0.15, 0.2) is 34.1 Å². The molecule has 0 spiro atoms. The number of esters is 1. The summed E-state index contributed by atoms with van der Waals surface area (Å²) < 4.78 is 9.47. The van der Waals surface area contributed by atoms with Crippen molar-refractivity contribution in [3.63, 3.8) is 0 Å². The molecular weight excluding hydrogens is 312 g/mol. The van der Waals surface area contributed by atoms with Gasteiger partial charge in [0.25, 0.3) is 0 Å². The number of rotatable bonds is 5. The van der Waals surface area contributed by atoms with Crippen molar-refractivity contribution in [2.45, 2.75) is 0 Å². The second-order valence-electron chi connectivity index (χ2n) is 3.91. The molecule has 9 heteroatoms. The third-order valence-corrected chi connectivity index (χ3v) is 3.38. The topological polar surface area (TPSA) is 112 Å². The lowest BCUT2D eigenvalue weighted by molar-refractivity contribution is -0.402. The maximum Gasteiger partial charge on any atom is 0.433 e. The first-order valence-corrected chi connectivity index (χ1v) is 6.78. The lowest BCUT2D eigenvalue weighted by Gasteiger charge is -2.02. The number of hydrogen-bond acceptors (Lipinski definition) is 7. The number of nitrogens with zero attached hydrogens (tertiary/aromatic N) is 1. The Balaban J connectivity index is 2.03. The molecule has 8 nitrogen and oxygen atoms in total. The summed E-state index contributed by atoms with van der Waals surface area (Å²) in [5.41, 5.74) is 0.330. The molecule has 1 N–H and O–H groups in total. The van der Waals surface area contributed by atoms with Gasteiger partial charge in [-0.25, -0.2) is 4.79 Å². The number of ether oxygens (including phenoxy) is 1. The summed E-state index contributed by atoms with van der Waals surface area (Å²) >= 11 is 1.14. The van der Waals surface area contributed by atoms with Crippen LogP contribution in [0, 0.1) is 10.1 Å². The van der Waals surface area contributed by atoms with Gasteiger partial charge < -0.3 is 14.5 Å². The van der Waals surface area contributed by atoms with Crippen LogP contribution in [0.2, 0.25) is 0 Å². The number of methoxy groups -OCH3 is 1. The van der Waals surface area contributed by atoms with Crippen LogP contribution in [0.3, 0.4) is 0 Å². The summed E-state index contributed by atoms with van der Waals surface area (Å²) in [6.45, 7) is 0. The standard InChI is InChI=1S/C13H10N2O6S/c1-20-13(17)12-9(6-7-22-12)14-10(16)4-2-8-3-5-11(21-8)15(18)19/h2-7H,1H3,(H,14,16)/b4-2+. The van der Waals surface area contributed by atoms with E-state index in [2.05, 4.69) is 10.1 Å². The van der Waals surface area contributed by atoms with Crippen molar-refractivity contribution in [2.24, 2.45) is 0 Å². The summed E-state index contributed by atoms with van der Waals surface area (Å²) in [7, 11) is 1.25. The molecule has 0 fully saturated rings. The van der Waals surface area contributed by atoms with E-state index in [-0.39, 0.29) is 10.6 Å². The minimum Gasteiger partial charge on any atom is -0.465 e. The maximum atomic E-state index is 11.8. The lowest BCUT2D eigenvalue weighted by atomic mass is 10.3. The second kappa shape index (κ2) is 6.68. The third kappa shape index (κ3) is 3.58. The summed E-state index contributed by atoms with van der Waals surface area (Å²) in [6, 6.07) is 4.12. The SMILES string of the molecule is COC(=O)c1sccc1NC(=O)/C=C/c1ccc([N+](=O)[O-])o1. The Labute approximate surface area is 128 Å². The molecule has 0 saturated carbocycles. The van der Waals surface area contributed by atoms with Crippen LogP contribution in [0.25, 0.3) is 6.08 Å². The quantitative estimate of drug-likeness (QED) is 0.392. The van der Waals surface area contributed by atoms with Gasteiger partial charge in [0.05, 0.1) is 18.9 Å². The van der Waals surface area contributed by atoms with E-state index in [4.69, 9.17) is 4.42 Å². The van der Waals surface area contributed by atoms with Gasteiger partial charge in [0, 0.05) is 6.08 Å². The average Bonchev–Trinajstić information content (AvgIpc) is 3.13. The van der Waals surface area contributed by atoms with Crippen molar-refractivity contribution >= 4 is 40.9 Å². The van der Waals surface area contributed by atoms with Crippen molar-refractivity contribution in [3.8, 4) is 0 Å². The van der Waals surface area contributed by atoms with Gasteiger partial charge in [-0.3, -0.25) is 14.9 Å². The molecule has 1 amide bonds. The van der Waals surface area contributed by atoms with Gasteiger partial charge in [-0.2, -0.15) is 0 Å². The number of thiophene rings is 1. The first kappa shape index (κ1) is 15.4. The maximum absolute atomic E-state index is 11.8. The van der Waals surface area contributed by atoms with Crippen LogP contribution in [0.5, 0.6) is 0 Å². The number of anilines is 1.